The van der Waals surface area contributed by atoms with Crippen LogP contribution in [0.2, 0.25) is 0 Å². The Morgan fingerprint density at radius 3 is 2.83 bits per heavy atom. The molecule has 1 saturated heterocycles. The van der Waals surface area contributed by atoms with Crippen molar-refractivity contribution < 1.29 is 14.5 Å². The number of carbonyl (C=O) groups excluding carboxylic acids is 2. The molecule has 0 radical (unpaired) electrons. The van der Waals surface area contributed by atoms with Gasteiger partial charge in [-0.2, -0.15) is 0 Å². The maximum atomic E-state index is 12.2. The summed E-state index contributed by atoms with van der Waals surface area (Å²) in [5.41, 5.74) is 0.391. The van der Waals surface area contributed by atoms with E-state index < -0.39 is 4.92 Å². The molecule has 2 rings (SSSR count). The summed E-state index contributed by atoms with van der Waals surface area (Å²) >= 11 is 1.92. The number of rotatable bonds is 6. The van der Waals surface area contributed by atoms with Crippen LogP contribution >= 0.6 is 22.6 Å². The Morgan fingerprint density at radius 1 is 1.33 bits per heavy atom. The first kappa shape index (κ1) is 18.6. The van der Waals surface area contributed by atoms with Crippen LogP contribution in [0.1, 0.15) is 42.5 Å². The van der Waals surface area contributed by atoms with E-state index in [9.17, 15) is 19.7 Å². The summed E-state index contributed by atoms with van der Waals surface area (Å²) in [7, 11) is 0. The van der Waals surface area contributed by atoms with Gasteiger partial charge in [-0.1, -0.05) is 6.42 Å². The van der Waals surface area contributed by atoms with Gasteiger partial charge in [0.1, 0.15) is 0 Å². The van der Waals surface area contributed by atoms with Gasteiger partial charge in [0, 0.05) is 41.8 Å². The first-order valence-electron chi connectivity index (χ1n) is 7.99. The van der Waals surface area contributed by atoms with Crippen molar-refractivity contribution in [3.63, 3.8) is 0 Å². The van der Waals surface area contributed by atoms with Crippen molar-refractivity contribution in [2.24, 2.45) is 0 Å². The van der Waals surface area contributed by atoms with Crippen LogP contribution in [-0.2, 0) is 4.79 Å². The van der Waals surface area contributed by atoms with E-state index in [1.165, 1.54) is 18.2 Å². The quantitative estimate of drug-likeness (QED) is 0.316. The fourth-order valence-corrected chi connectivity index (χ4v) is 3.39. The smallest absolute Gasteiger partial charge is 0.270 e. The minimum absolute atomic E-state index is 0.0318. The summed E-state index contributed by atoms with van der Waals surface area (Å²) < 4.78 is 0.544. The number of amides is 2. The van der Waals surface area contributed by atoms with Crippen LogP contribution in [0.15, 0.2) is 18.2 Å². The molecule has 1 fully saturated rings. The minimum Gasteiger partial charge on any atom is -0.352 e. The Labute approximate surface area is 154 Å². The van der Waals surface area contributed by atoms with Crippen molar-refractivity contribution in [3.05, 3.63) is 37.4 Å². The van der Waals surface area contributed by atoms with Crippen molar-refractivity contribution in [1.82, 2.24) is 10.2 Å². The molecule has 0 unspecified atom stereocenters. The normalized spacial score (nSPS) is 15.0. The van der Waals surface area contributed by atoms with E-state index in [1.807, 2.05) is 27.5 Å². The highest BCUT2D eigenvalue weighted by atomic mass is 127. The zero-order valence-corrected chi connectivity index (χ0v) is 15.5. The molecule has 0 atom stereocenters. The highest BCUT2D eigenvalue weighted by molar-refractivity contribution is 14.1. The third kappa shape index (κ3) is 5.15. The van der Waals surface area contributed by atoms with Crippen LogP contribution in [-0.4, -0.2) is 41.3 Å². The van der Waals surface area contributed by atoms with Crippen LogP contribution in [0, 0.1) is 13.7 Å². The van der Waals surface area contributed by atoms with Crippen LogP contribution in [0.5, 0.6) is 0 Å². The maximum absolute atomic E-state index is 12.2. The number of nitrogens with zero attached hydrogens (tertiary/aromatic N) is 2. The molecule has 1 aromatic rings. The lowest BCUT2D eigenvalue weighted by atomic mass is 10.2. The second-order valence-electron chi connectivity index (χ2n) is 5.72. The van der Waals surface area contributed by atoms with Gasteiger partial charge >= 0.3 is 0 Å². The first-order chi connectivity index (χ1) is 11.5. The zero-order valence-electron chi connectivity index (χ0n) is 13.3. The van der Waals surface area contributed by atoms with Gasteiger partial charge in [-0.05, 0) is 47.9 Å². The standard InChI is InChI=1S/C16H20IN3O4/c17-14-11-12(20(23)24)6-7-13(14)16(22)18-8-4-10-19-9-3-1-2-5-15(19)21/h6-7,11H,1-5,8-10H2,(H,18,22). The van der Waals surface area contributed by atoms with Crippen molar-refractivity contribution in [2.45, 2.75) is 32.1 Å². The Kier molecular flexibility index (Phi) is 6.95. The summed E-state index contributed by atoms with van der Waals surface area (Å²) in [6, 6.07) is 4.17. The topological polar surface area (TPSA) is 92.6 Å². The van der Waals surface area contributed by atoms with Gasteiger partial charge in [-0.25, -0.2) is 0 Å². The monoisotopic (exact) mass is 445 g/mol. The third-order valence-corrected chi connectivity index (χ3v) is 4.86. The van der Waals surface area contributed by atoms with Gasteiger partial charge in [0.15, 0.2) is 0 Å². The van der Waals surface area contributed by atoms with E-state index >= 15 is 0 Å². The Morgan fingerprint density at radius 2 is 2.12 bits per heavy atom. The molecule has 1 aliphatic rings. The lowest BCUT2D eigenvalue weighted by Gasteiger charge is -2.20. The Bertz CT molecular complexity index is 636. The van der Waals surface area contributed by atoms with Crippen molar-refractivity contribution >= 4 is 40.1 Å². The molecule has 130 valence electrons. The highest BCUT2D eigenvalue weighted by Gasteiger charge is 2.17. The largest absolute Gasteiger partial charge is 0.352 e. The summed E-state index contributed by atoms with van der Waals surface area (Å²) in [5, 5.41) is 13.5. The number of nitro groups is 1. The lowest BCUT2D eigenvalue weighted by molar-refractivity contribution is -0.384. The summed E-state index contributed by atoms with van der Waals surface area (Å²) in [6.07, 6.45) is 4.41. The molecule has 1 heterocycles. The number of halogens is 1. The van der Waals surface area contributed by atoms with E-state index in [4.69, 9.17) is 0 Å². The number of nitrogens with one attached hydrogen (secondary N) is 1. The molecule has 7 nitrogen and oxygen atoms in total. The Balaban J connectivity index is 1.81. The molecule has 0 saturated carbocycles. The zero-order chi connectivity index (χ0) is 17.5. The van der Waals surface area contributed by atoms with Crippen molar-refractivity contribution in [3.8, 4) is 0 Å². The van der Waals surface area contributed by atoms with E-state index in [2.05, 4.69) is 5.32 Å². The summed E-state index contributed by atoms with van der Waals surface area (Å²) in [6.45, 7) is 1.92. The number of carbonyl (C=O) groups is 2. The molecule has 0 spiro atoms. The first-order valence-corrected chi connectivity index (χ1v) is 9.07. The molecule has 1 aromatic carbocycles. The second-order valence-corrected chi connectivity index (χ2v) is 6.88. The second kappa shape index (κ2) is 8.95. The van der Waals surface area contributed by atoms with Crippen molar-refractivity contribution in [2.75, 3.05) is 19.6 Å². The number of nitro benzene ring substituents is 1. The number of hydrogen-bond acceptors (Lipinski definition) is 4. The number of likely N-dealkylation sites (tertiary alicyclic amines) is 1. The average molecular weight is 445 g/mol. The van der Waals surface area contributed by atoms with E-state index in [0.29, 0.717) is 35.1 Å². The van der Waals surface area contributed by atoms with Crippen LogP contribution in [0.25, 0.3) is 0 Å². The highest BCUT2D eigenvalue weighted by Crippen LogP contribution is 2.19. The number of benzene rings is 1. The van der Waals surface area contributed by atoms with Gasteiger partial charge in [-0.15, -0.1) is 0 Å². The van der Waals surface area contributed by atoms with Gasteiger partial charge in [0.05, 0.1) is 10.5 Å². The molecule has 0 aromatic heterocycles. The van der Waals surface area contributed by atoms with Crippen LogP contribution in [0.4, 0.5) is 5.69 Å². The molecule has 0 aliphatic carbocycles. The fraction of sp³-hybridized carbons (Fsp3) is 0.500. The summed E-state index contributed by atoms with van der Waals surface area (Å²) in [5.74, 6) is -0.0553. The van der Waals surface area contributed by atoms with E-state index in [1.54, 1.807) is 0 Å². The number of non-ortho nitro benzene ring substituents is 1. The molecule has 8 heteroatoms. The van der Waals surface area contributed by atoms with Gasteiger partial charge < -0.3 is 10.2 Å². The summed E-state index contributed by atoms with van der Waals surface area (Å²) in [4.78, 5) is 36.1. The predicted octanol–water partition coefficient (Wildman–Crippen LogP) is 2.72. The average Bonchev–Trinajstić information content (AvgIpc) is 2.75. The molecule has 0 bridgehead atoms. The van der Waals surface area contributed by atoms with E-state index in [-0.39, 0.29) is 17.5 Å². The van der Waals surface area contributed by atoms with Gasteiger partial charge in [0.2, 0.25) is 5.91 Å². The lowest BCUT2D eigenvalue weighted by Crippen LogP contribution is -2.34. The van der Waals surface area contributed by atoms with Crippen LogP contribution in [0.3, 0.4) is 0 Å². The molecule has 2 amide bonds. The van der Waals surface area contributed by atoms with Gasteiger partial charge in [0.25, 0.3) is 11.6 Å². The maximum Gasteiger partial charge on any atom is 0.270 e. The van der Waals surface area contributed by atoms with Crippen LogP contribution < -0.4 is 5.32 Å². The van der Waals surface area contributed by atoms with Crippen molar-refractivity contribution in [1.29, 1.82) is 0 Å². The molecular formula is C16H20IN3O4. The van der Waals surface area contributed by atoms with Gasteiger partial charge in [-0.3, -0.25) is 19.7 Å². The third-order valence-electron chi connectivity index (χ3n) is 3.97. The number of hydrogen-bond donors (Lipinski definition) is 1. The predicted molar refractivity (Wildman–Crippen MR) is 97.8 cm³/mol. The Hall–Kier alpha value is -1.71. The molecular weight excluding hydrogens is 425 g/mol. The minimum atomic E-state index is -0.484. The molecule has 1 aliphatic heterocycles. The van der Waals surface area contributed by atoms with E-state index in [0.717, 1.165) is 25.8 Å². The molecule has 24 heavy (non-hydrogen) atoms. The SMILES string of the molecule is O=C(NCCCN1CCCCCC1=O)c1ccc([N+](=O)[O-])cc1I. The fourth-order valence-electron chi connectivity index (χ4n) is 2.64. The molecule has 1 N–H and O–H groups in total.